The van der Waals surface area contributed by atoms with Gasteiger partial charge in [-0.2, -0.15) is 0 Å². The van der Waals surface area contributed by atoms with E-state index in [0.717, 1.165) is 31.0 Å². The van der Waals surface area contributed by atoms with Crippen LogP contribution in [0.2, 0.25) is 0 Å². The van der Waals surface area contributed by atoms with Gasteiger partial charge in [0.05, 0.1) is 5.69 Å². The highest BCUT2D eigenvalue weighted by atomic mass is 16.3. The van der Waals surface area contributed by atoms with Crippen LogP contribution in [0.4, 0.5) is 0 Å². The number of nitrogens with one attached hydrogen (secondary N) is 1. The van der Waals surface area contributed by atoms with Crippen molar-refractivity contribution in [3.63, 3.8) is 0 Å². The second kappa shape index (κ2) is 5.46. The first-order valence-electron chi connectivity index (χ1n) is 6.16. The summed E-state index contributed by atoms with van der Waals surface area (Å²) in [5.41, 5.74) is 6.70. The van der Waals surface area contributed by atoms with Crippen molar-refractivity contribution in [2.75, 3.05) is 6.54 Å². The van der Waals surface area contributed by atoms with Crippen molar-refractivity contribution >= 4 is 0 Å². The second-order valence-electron chi connectivity index (χ2n) is 4.76. The lowest BCUT2D eigenvalue weighted by atomic mass is 10.0. The van der Waals surface area contributed by atoms with E-state index in [2.05, 4.69) is 10.3 Å². The van der Waals surface area contributed by atoms with Crippen LogP contribution in [0, 0.1) is 0 Å². The van der Waals surface area contributed by atoms with Crippen LogP contribution in [0.25, 0.3) is 0 Å². The number of nitrogens with zero attached hydrogens (tertiary/aromatic N) is 1. The number of nitrogens with two attached hydrogens (primary N) is 1. The SMILES string of the molecule is CC(N)Cc1coc(CC2CCCCN2)n1. The first-order chi connectivity index (χ1) is 7.74. The smallest absolute Gasteiger partial charge is 0.195 e. The Hall–Kier alpha value is -0.870. The molecule has 4 nitrogen and oxygen atoms in total. The maximum Gasteiger partial charge on any atom is 0.195 e. The molecule has 1 fully saturated rings. The van der Waals surface area contributed by atoms with Crippen molar-refractivity contribution in [1.82, 2.24) is 10.3 Å². The molecule has 1 saturated heterocycles. The molecule has 16 heavy (non-hydrogen) atoms. The highest BCUT2D eigenvalue weighted by Gasteiger charge is 2.16. The van der Waals surface area contributed by atoms with Crippen LogP contribution in [0.5, 0.6) is 0 Å². The maximum atomic E-state index is 5.72. The number of rotatable bonds is 4. The van der Waals surface area contributed by atoms with E-state index < -0.39 is 0 Å². The lowest BCUT2D eigenvalue weighted by molar-refractivity contribution is 0.367. The second-order valence-corrected chi connectivity index (χ2v) is 4.76. The van der Waals surface area contributed by atoms with Gasteiger partial charge in [-0.25, -0.2) is 4.98 Å². The third-order valence-corrected chi connectivity index (χ3v) is 2.96. The highest BCUT2D eigenvalue weighted by molar-refractivity contribution is 5.00. The normalized spacial score (nSPS) is 23.2. The van der Waals surface area contributed by atoms with Gasteiger partial charge in [0.25, 0.3) is 0 Å². The number of piperidine rings is 1. The summed E-state index contributed by atoms with van der Waals surface area (Å²) in [6.07, 6.45) is 7.26. The molecule has 1 aliphatic heterocycles. The van der Waals surface area contributed by atoms with Crippen LogP contribution in [0.1, 0.15) is 37.8 Å². The van der Waals surface area contributed by atoms with Gasteiger partial charge >= 0.3 is 0 Å². The third kappa shape index (κ3) is 3.32. The van der Waals surface area contributed by atoms with Crippen LogP contribution < -0.4 is 11.1 Å². The summed E-state index contributed by atoms with van der Waals surface area (Å²) in [4.78, 5) is 4.46. The van der Waals surface area contributed by atoms with E-state index in [4.69, 9.17) is 10.2 Å². The molecule has 0 saturated carbocycles. The molecule has 2 heterocycles. The molecule has 0 spiro atoms. The monoisotopic (exact) mass is 223 g/mol. The van der Waals surface area contributed by atoms with Gasteiger partial charge in [0.1, 0.15) is 6.26 Å². The van der Waals surface area contributed by atoms with Crippen molar-refractivity contribution in [3.05, 3.63) is 17.8 Å². The number of aromatic nitrogens is 1. The Morgan fingerprint density at radius 1 is 1.62 bits per heavy atom. The van der Waals surface area contributed by atoms with Crippen molar-refractivity contribution in [3.8, 4) is 0 Å². The molecule has 1 aromatic rings. The van der Waals surface area contributed by atoms with Gasteiger partial charge in [-0.3, -0.25) is 0 Å². The largest absolute Gasteiger partial charge is 0.449 e. The van der Waals surface area contributed by atoms with Crippen LogP contribution >= 0.6 is 0 Å². The molecule has 2 rings (SSSR count). The minimum Gasteiger partial charge on any atom is -0.449 e. The van der Waals surface area contributed by atoms with Gasteiger partial charge in [-0.15, -0.1) is 0 Å². The molecule has 0 aromatic carbocycles. The Kier molecular flexibility index (Phi) is 3.96. The Labute approximate surface area is 96.6 Å². The Balaban J connectivity index is 1.86. The predicted octanol–water partition coefficient (Wildman–Crippen LogP) is 1.25. The zero-order valence-corrected chi connectivity index (χ0v) is 9.91. The first kappa shape index (κ1) is 11.6. The topological polar surface area (TPSA) is 64.1 Å². The minimum atomic E-state index is 0.144. The molecule has 0 bridgehead atoms. The molecular weight excluding hydrogens is 202 g/mol. The predicted molar refractivity (Wildman–Crippen MR) is 63.2 cm³/mol. The summed E-state index contributed by atoms with van der Waals surface area (Å²) in [5, 5.41) is 3.49. The number of hydrogen-bond donors (Lipinski definition) is 2. The summed E-state index contributed by atoms with van der Waals surface area (Å²) in [6, 6.07) is 0.682. The van der Waals surface area contributed by atoms with Gasteiger partial charge in [-0.05, 0) is 26.3 Å². The van der Waals surface area contributed by atoms with Gasteiger partial charge in [-0.1, -0.05) is 6.42 Å². The fraction of sp³-hybridized carbons (Fsp3) is 0.750. The number of hydrogen-bond acceptors (Lipinski definition) is 4. The molecule has 3 N–H and O–H groups in total. The van der Waals surface area contributed by atoms with E-state index in [1.54, 1.807) is 6.26 Å². The van der Waals surface area contributed by atoms with Crippen LogP contribution in [-0.2, 0) is 12.8 Å². The van der Waals surface area contributed by atoms with E-state index >= 15 is 0 Å². The van der Waals surface area contributed by atoms with Gasteiger partial charge in [0, 0.05) is 24.9 Å². The molecule has 0 amide bonds. The highest BCUT2D eigenvalue weighted by Crippen LogP contribution is 2.13. The van der Waals surface area contributed by atoms with E-state index in [1.807, 2.05) is 6.92 Å². The summed E-state index contributed by atoms with van der Waals surface area (Å²) < 4.78 is 5.46. The molecular formula is C12H21N3O. The zero-order chi connectivity index (χ0) is 11.4. The van der Waals surface area contributed by atoms with Gasteiger partial charge < -0.3 is 15.5 Å². The molecule has 0 aliphatic carbocycles. The molecule has 2 atom stereocenters. The molecule has 90 valence electrons. The van der Waals surface area contributed by atoms with Crippen molar-refractivity contribution in [1.29, 1.82) is 0 Å². The first-order valence-corrected chi connectivity index (χ1v) is 6.16. The summed E-state index contributed by atoms with van der Waals surface area (Å²) in [7, 11) is 0. The fourth-order valence-electron chi connectivity index (χ4n) is 2.18. The van der Waals surface area contributed by atoms with E-state index in [1.165, 1.54) is 19.3 Å². The summed E-state index contributed by atoms with van der Waals surface area (Å²) in [5.74, 6) is 0.843. The lowest BCUT2D eigenvalue weighted by Gasteiger charge is -2.21. The van der Waals surface area contributed by atoms with Gasteiger partial charge in [0.2, 0.25) is 0 Å². The van der Waals surface area contributed by atoms with E-state index in [-0.39, 0.29) is 6.04 Å². The summed E-state index contributed by atoms with van der Waals surface area (Å²) >= 11 is 0. The quantitative estimate of drug-likeness (QED) is 0.806. The van der Waals surface area contributed by atoms with Crippen molar-refractivity contribution in [2.24, 2.45) is 5.73 Å². The molecule has 0 radical (unpaired) electrons. The lowest BCUT2D eigenvalue weighted by Crippen LogP contribution is -2.35. The molecule has 4 heteroatoms. The van der Waals surface area contributed by atoms with Gasteiger partial charge in [0.15, 0.2) is 5.89 Å². The minimum absolute atomic E-state index is 0.144. The maximum absolute atomic E-state index is 5.72. The van der Waals surface area contributed by atoms with Crippen LogP contribution in [-0.4, -0.2) is 23.6 Å². The Morgan fingerprint density at radius 3 is 3.19 bits per heavy atom. The Morgan fingerprint density at radius 2 is 2.50 bits per heavy atom. The average Bonchev–Trinajstić information content (AvgIpc) is 2.66. The molecule has 2 unspecified atom stereocenters. The molecule has 1 aromatic heterocycles. The van der Waals surface area contributed by atoms with Crippen molar-refractivity contribution < 1.29 is 4.42 Å². The molecule has 1 aliphatic rings. The van der Waals surface area contributed by atoms with E-state index in [9.17, 15) is 0 Å². The zero-order valence-electron chi connectivity index (χ0n) is 9.91. The fourth-order valence-corrected chi connectivity index (χ4v) is 2.18. The summed E-state index contributed by atoms with van der Waals surface area (Å²) in [6.45, 7) is 3.11. The average molecular weight is 223 g/mol. The third-order valence-electron chi connectivity index (χ3n) is 2.96. The van der Waals surface area contributed by atoms with Crippen LogP contribution in [0.3, 0.4) is 0 Å². The van der Waals surface area contributed by atoms with Crippen molar-refractivity contribution in [2.45, 2.75) is 51.1 Å². The standard InChI is InChI=1S/C12H21N3O/c1-9(13)6-11-8-16-12(15-11)7-10-4-2-3-5-14-10/h8-10,14H,2-7,13H2,1H3. The van der Waals surface area contributed by atoms with Crippen LogP contribution in [0.15, 0.2) is 10.7 Å². The Bertz CT molecular complexity index is 316. The number of oxazole rings is 1. The van der Waals surface area contributed by atoms with E-state index in [0.29, 0.717) is 6.04 Å².